The van der Waals surface area contributed by atoms with Gasteiger partial charge in [0.2, 0.25) is 21.8 Å². The van der Waals surface area contributed by atoms with Crippen LogP contribution in [-0.4, -0.2) is 50.5 Å². The van der Waals surface area contributed by atoms with Crippen LogP contribution in [0, 0.1) is 6.92 Å². The largest absolute Gasteiger partial charge is 0.354 e. The second-order valence-electron chi connectivity index (χ2n) is 7.82. The standard InChI is InChI=1S/C23H29BrClN3O4S/c1-5-12-26-23(30)17(3)27(14-18-6-8-19(25)9-7-18)22(29)15-28(33(4,31)32)20-10-11-21(24)16(2)13-20/h6-11,13,17H,5,12,14-15H2,1-4H3,(H,26,30)/t17-/m1/s1. The zero-order chi connectivity index (χ0) is 24.8. The molecule has 2 aromatic carbocycles. The van der Waals surface area contributed by atoms with Gasteiger partial charge in [-0.3, -0.25) is 13.9 Å². The Morgan fingerprint density at radius 1 is 1.15 bits per heavy atom. The van der Waals surface area contributed by atoms with Crippen LogP contribution in [-0.2, 0) is 26.2 Å². The molecule has 0 saturated heterocycles. The molecule has 180 valence electrons. The van der Waals surface area contributed by atoms with Crippen LogP contribution in [0.1, 0.15) is 31.4 Å². The Morgan fingerprint density at radius 3 is 2.33 bits per heavy atom. The third-order valence-corrected chi connectivity index (χ3v) is 7.37. The summed E-state index contributed by atoms with van der Waals surface area (Å²) in [5.41, 5.74) is 1.98. The van der Waals surface area contributed by atoms with Crippen LogP contribution in [0.3, 0.4) is 0 Å². The molecule has 2 rings (SSSR count). The molecule has 0 saturated carbocycles. The predicted molar refractivity (Wildman–Crippen MR) is 136 cm³/mol. The second kappa shape index (κ2) is 11.9. The highest BCUT2D eigenvalue weighted by atomic mass is 79.9. The maximum absolute atomic E-state index is 13.4. The lowest BCUT2D eigenvalue weighted by Gasteiger charge is -2.31. The first kappa shape index (κ1) is 27.1. The van der Waals surface area contributed by atoms with E-state index in [-0.39, 0.29) is 12.5 Å². The smallest absolute Gasteiger partial charge is 0.244 e. The minimum atomic E-state index is -3.76. The van der Waals surface area contributed by atoms with Crippen LogP contribution < -0.4 is 9.62 Å². The summed E-state index contributed by atoms with van der Waals surface area (Å²) >= 11 is 9.37. The van der Waals surface area contributed by atoms with Gasteiger partial charge in [0, 0.05) is 22.6 Å². The normalized spacial score (nSPS) is 12.2. The molecule has 0 unspecified atom stereocenters. The van der Waals surface area contributed by atoms with E-state index in [1.54, 1.807) is 49.4 Å². The lowest BCUT2D eigenvalue weighted by atomic mass is 10.1. The molecular formula is C23H29BrClN3O4S. The average molecular weight is 559 g/mol. The number of nitrogens with one attached hydrogen (secondary N) is 1. The molecule has 33 heavy (non-hydrogen) atoms. The van der Waals surface area contributed by atoms with Gasteiger partial charge < -0.3 is 10.2 Å². The fraction of sp³-hybridized carbons (Fsp3) is 0.391. The predicted octanol–water partition coefficient (Wildman–Crippen LogP) is 4.12. The molecule has 2 aromatic rings. The molecule has 0 bridgehead atoms. The molecule has 0 spiro atoms. The Balaban J connectivity index is 2.38. The zero-order valence-electron chi connectivity index (χ0n) is 19.1. The molecule has 0 aliphatic carbocycles. The highest BCUT2D eigenvalue weighted by Crippen LogP contribution is 2.25. The van der Waals surface area contributed by atoms with Crippen LogP contribution in [0.5, 0.6) is 0 Å². The van der Waals surface area contributed by atoms with Gasteiger partial charge in [0.1, 0.15) is 12.6 Å². The third-order valence-electron chi connectivity index (χ3n) is 5.09. The molecule has 0 heterocycles. The number of halogens is 2. The number of aryl methyl sites for hydroxylation is 1. The van der Waals surface area contributed by atoms with E-state index in [2.05, 4.69) is 21.2 Å². The van der Waals surface area contributed by atoms with Crippen molar-refractivity contribution in [3.63, 3.8) is 0 Å². The average Bonchev–Trinajstić information content (AvgIpc) is 2.76. The maximum Gasteiger partial charge on any atom is 0.244 e. The highest BCUT2D eigenvalue weighted by Gasteiger charge is 2.30. The van der Waals surface area contributed by atoms with E-state index in [1.807, 2.05) is 13.8 Å². The second-order valence-corrected chi connectivity index (χ2v) is 11.0. The lowest BCUT2D eigenvalue weighted by molar-refractivity contribution is -0.139. The van der Waals surface area contributed by atoms with E-state index < -0.39 is 28.5 Å². The van der Waals surface area contributed by atoms with E-state index in [4.69, 9.17) is 11.6 Å². The van der Waals surface area contributed by atoms with Crippen molar-refractivity contribution in [1.82, 2.24) is 10.2 Å². The minimum absolute atomic E-state index is 0.133. The van der Waals surface area contributed by atoms with E-state index in [0.717, 1.165) is 32.6 Å². The quantitative estimate of drug-likeness (QED) is 0.475. The van der Waals surface area contributed by atoms with Gasteiger partial charge in [0.25, 0.3) is 0 Å². The number of anilines is 1. The van der Waals surface area contributed by atoms with Gasteiger partial charge >= 0.3 is 0 Å². The fourth-order valence-corrected chi connectivity index (χ4v) is 4.38. The van der Waals surface area contributed by atoms with Crippen molar-refractivity contribution in [3.8, 4) is 0 Å². The molecule has 7 nitrogen and oxygen atoms in total. The van der Waals surface area contributed by atoms with Crippen LogP contribution in [0.2, 0.25) is 5.02 Å². The molecule has 0 aliphatic heterocycles. The van der Waals surface area contributed by atoms with Crippen LogP contribution >= 0.6 is 27.5 Å². The number of sulfonamides is 1. The summed E-state index contributed by atoms with van der Waals surface area (Å²) in [6.07, 6.45) is 1.81. The van der Waals surface area contributed by atoms with Gasteiger partial charge in [0.15, 0.2) is 0 Å². The summed E-state index contributed by atoms with van der Waals surface area (Å²) in [6.45, 7) is 5.59. The zero-order valence-corrected chi connectivity index (χ0v) is 22.3. The molecule has 0 aromatic heterocycles. The van der Waals surface area contributed by atoms with Gasteiger partial charge in [-0.15, -0.1) is 0 Å². The lowest BCUT2D eigenvalue weighted by Crippen LogP contribution is -2.51. The maximum atomic E-state index is 13.4. The van der Waals surface area contributed by atoms with E-state index in [0.29, 0.717) is 17.3 Å². The molecule has 0 aliphatic rings. The van der Waals surface area contributed by atoms with Gasteiger partial charge in [0.05, 0.1) is 11.9 Å². The number of nitrogens with zero attached hydrogens (tertiary/aromatic N) is 2. The number of benzene rings is 2. The Kier molecular flexibility index (Phi) is 9.75. The molecule has 10 heteroatoms. The number of carbonyl (C=O) groups excluding carboxylic acids is 2. The third kappa shape index (κ3) is 7.72. The van der Waals surface area contributed by atoms with Crippen molar-refractivity contribution in [2.45, 2.75) is 39.8 Å². The Morgan fingerprint density at radius 2 is 1.79 bits per heavy atom. The molecule has 1 N–H and O–H groups in total. The molecular weight excluding hydrogens is 530 g/mol. The summed E-state index contributed by atoms with van der Waals surface area (Å²) < 4.78 is 27.0. The summed E-state index contributed by atoms with van der Waals surface area (Å²) in [5, 5.41) is 3.36. The number of amides is 2. The van der Waals surface area contributed by atoms with Crippen molar-refractivity contribution >= 4 is 55.1 Å². The monoisotopic (exact) mass is 557 g/mol. The van der Waals surface area contributed by atoms with Crippen molar-refractivity contribution in [3.05, 3.63) is 63.1 Å². The Bertz CT molecular complexity index is 1090. The van der Waals surface area contributed by atoms with Crippen LogP contribution in [0.15, 0.2) is 46.9 Å². The minimum Gasteiger partial charge on any atom is -0.354 e. The van der Waals surface area contributed by atoms with Crippen LogP contribution in [0.25, 0.3) is 0 Å². The van der Waals surface area contributed by atoms with Gasteiger partial charge in [-0.05, 0) is 61.7 Å². The topological polar surface area (TPSA) is 86.8 Å². The summed E-state index contributed by atoms with van der Waals surface area (Å²) in [7, 11) is -3.76. The summed E-state index contributed by atoms with van der Waals surface area (Å²) in [6, 6.07) is 11.2. The molecule has 2 amide bonds. The van der Waals surface area contributed by atoms with Crippen LogP contribution in [0.4, 0.5) is 5.69 Å². The van der Waals surface area contributed by atoms with Crippen molar-refractivity contribution < 1.29 is 18.0 Å². The summed E-state index contributed by atoms with van der Waals surface area (Å²) in [5.74, 6) is -0.792. The van der Waals surface area contributed by atoms with Gasteiger partial charge in [-0.1, -0.05) is 46.6 Å². The Labute approximate surface area is 209 Å². The summed E-state index contributed by atoms with van der Waals surface area (Å²) in [4.78, 5) is 27.5. The van der Waals surface area contributed by atoms with E-state index in [9.17, 15) is 18.0 Å². The number of hydrogen-bond donors (Lipinski definition) is 1. The first-order valence-corrected chi connectivity index (χ1v) is 13.5. The fourth-order valence-electron chi connectivity index (χ4n) is 3.16. The van der Waals surface area contributed by atoms with Gasteiger partial charge in [-0.25, -0.2) is 8.42 Å². The van der Waals surface area contributed by atoms with Crippen molar-refractivity contribution in [1.29, 1.82) is 0 Å². The SMILES string of the molecule is CCCNC(=O)[C@@H](C)N(Cc1ccc(Cl)cc1)C(=O)CN(c1ccc(Br)c(C)c1)S(C)(=O)=O. The molecule has 0 fully saturated rings. The number of hydrogen-bond acceptors (Lipinski definition) is 4. The van der Waals surface area contributed by atoms with Gasteiger partial charge in [-0.2, -0.15) is 0 Å². The van der Waals surface area contributed by atoms with E-state index >= 15 is 0 Å². The molecule has 0 radical (unpaired) electrons. The molecule has 1 atom stereocenters. The highest BCUT2D eigenvalue weighted by molar-refractivity contribution is 9.10. The van der Waals surface area contributed by atoms with Crippen molar-refractivity contribution in [2.75, 3.05) is 23.7 Å². The first-order chi connectivity index (χ1) is 15.4. The first-order valence-electron chi connectivity index (χ1n) is 10.5. The number of carbonyl (C=O) groups is 2. The number of rotatable bonds is 10. The Hall–Kier alpha value is -2.10. The van der Waals surface area contributed by atoms with Crippen molar-refractivity contribution in [2.24, 2.45) is 0 Å². The van der Waals surface area contributed by atoms with E-state index in [1.165, 1.54) is 4.90 Å².